The Hall–Kier alpha value is -2.21. The van der Waals surface area contributed by atoms with Gasteiger partial charge < -0.3 is 9.84 Å². The molecule has 1 aromatic carbocycles. The zero-order chi connectivity index (χ0) is 15.9. The van der Waals surface area contributed by atoms with Crippen LogP contribution in [0.2, 0.25) is 0 Å². The van der Waals surface area contributed by atoms with Crippen LogP contribution in [0, 0.1) is 6.92 Å². The Morgan fingerprint density at radius 1 is 1.36 bits per heavy atom. The lowest BCUT2D eigenvalue weighted by molar-refractivity contribution is -0.122. The average Bonchev–Trinajstić information content (AvgIpc) is 2.95. The van der Waals surface area contributed by atoms with Crippen molar-refractivity contribution in [3.8, 4) is 11.5 Å². The van der Waals surface area contributed by atoms with Crippen LogP contribution in [0.1, 0.15) is 25.2 Å². The van der Waals surface area contributed by atoms with E-state index in [4.69, 9.17) is 4.52 Å². The van der Waals surface area contributed by atoms with Gasteiger partial charge in [0, 0.05) is 12.1 Å². The van der Waals surface area contributed by atoms with E-state index in [2.05, 4.69) is 15.5 Å². The normalized spacial score (nSPS) is 10.9. The molecule has 1 heterocycles. The van der Waals surface area contributed by atoms with E-state index in [9.17, 15) is 4.79 Å². The van der Waals surface area contributed by atoms with Gasteiger partial charge in [0.15, 0.2) is 5.82 Å². The predicted octanol–water partition coefficient (Wildman–Crippen LogP) is 2.00. The van der Waals surface area contributed by atoms with Crippen LogP contribution in [-0.2, 0) is 11.3 Å². The van der Waals surface area contributed by atoms with E-state index in [0.29, 0.717) is 31.3 Å². The second-order valence-corrected chi connectivity index (χ2v) is 5.14. The molecule has 1 amide bonds. The molecule has 6 nitrogen and oxygen atoms in total. The summed E-state index contributed by atoms with van der Waals surface area (Å²) in [7, 11) is 0. The number of rotatable bonds is 7. The second kappa shape index (κ2) is 7.70. The van der Waals surface area contributed by atoms with Crippen LogP contribution in [0.4, 0.5) is 0 Å². The third kappa shape index (κ3) is 4.39. The summed E-state index contributed by atoms with van der Waals surface area (Å²) >= 11 is 0. The number of hydrogen-bond acceptors (Lipinski definition) is 5. The van der Waals surface area contributed by atoms with E-state index >= 15 is 0 Å². The van der Waals surface area contributed by atoms with Gasteiger partial charge in [-0.25, -0.2) is 0 Å². The topological polar surface area (TPSA) is 71.3 Å². The van der Waals surface area contributed by atoms with Gasteiger partial charge in [-0.1, -0.05) is 29.8 Å². The van der Waals surface area contributed by atoms with E-state index in [0.717, 1.165) is 17.7 Å². The summed E-state index contributed by atoms with van der Waals surface area (Å²) in [4.78, 5) is 18.0. The van der Waals surface area contributed by atoms with Crippen LogP contribution in [0.15, 0.2) is 28.8 Å². The maximum atomic E-state index is 11.6. The molecule has 0 fully saturated rings. The standard InChI is InChI=1S/C16H22N4O2/c1-4-17-15(21)11-20(5-2)10-14-18-16(22-19-14)13-8-6-7-12(3)9-13/h6-9H,4-5,10-11H2,1-3H3,(H,17,21). The number of hydrogen-bond donors (Lipinski definition) is 1. The summed E-state index contributed by atoms with van der Waals surface area (Å²) < 4.78 is 5.32. The van der Waals surface area contributed by atoms with Gasteiger partial charge in [-0.2, -0.15) is 4.98 Å². The Morgan fingerprint density at radius 3 is 2.86 bits per heavy atom. The number of benzene rings is 1. The van der Waals surface area contributed by atoms with E-state index in [1.165, 1.54) is 0 Å². The van der Waals surface area contributed by atoms with Gasteiger partial charge in [0.1, 0.15) is 0 Å². The van der Waals surface area contributed by atoms with Crippen molar-refractivity contribution in [3.05, 3.63) is 35.7 Å². The fourth-order valence-corrected chi connectivity index (χ4v) is 2.15. The van der Waals surface area contributed by atoms with Gasteiger partial charge in [0.2, 0.25) is 5.91 Å². The van der Waals surface area contributed by atoms with Gasteiger partial charge in [-0.3, -0.25) is 9.69 Å². The molecular weight excluding hydrogens is 280 g/mol. The average molecular weight is 302 g/mol. The van der Waals surface area contributed by atoms with Crippen molar-refractivity contribution in [2.24, 2.45) is 0 Å². The number of nitrogens with zero attached hydrogens (tertiary/aromatic N) is 3. The van der Waals surface area contributed by atoms with Crippen molar-refractivity contribution >= 4 is 5.91 Å². The molecular formula is C16H22N4O2. The highest BCUT2D eigenvalue weighted by Gasteiger charge is 2.14. The molecule has 0 aliphatic rings. The van der Waals surface area contributed by atoms with Gasteiger partial charge >= 0.3 is 0 Å². The molecule has 2 rings (SSSR count). The lowest BCUT2D eigenvalue weighted by Gasteiger charge is -2.17. The molecule has 0 radical (unpaired) electrons. The zero-order valence-electron chi connectivity index (χ0n) is 13.3. The number of aromatic nitrogens is 2. The van der Waals surface area contributed by atoms with Gasteiger partial charge in [0.25, 0.3) is 5.89 Å². The molecule has 6 heteroatoms. The Balaban J connectivity index is 2.03. The molecule has 0 atom stereocenters. The number of amides is 1. The second-order valence-electron chi connectivity index (χ2n) is 5.14. The minimum Gasteiger partial charge on any atom is -0.355 e. The highest BCUT2D eigenvalue weighted by Crippen LogP contribution is 2.18. The SMILES string of the molecule is CCNC(=O)CN(CC)Cc1noc(-c2cccc(C)c2)n1. The van der Waals surface area contributed by atoms with Crippen LogP contribution >= 0.6 is 0 Å². The maximum absolute atomic E-state index is 11.6. The molecule has 0 saturated heterocycles. The summed E-state index contributed by atoms with van der Waals surface area (Å²) in [5, 5.41) is 6.79. The van der Waals surface area contributed by atoms with Crippen molar-refractivity contribution in [1.29, 1.82) is 0 Å². The van der Waals surface area contributed by atoms with Gasteiger partial charge in [-0.15, -0.1) is 0 Å². The van der Waals surface area contributed by atoms with Crippen LogP contribution in [0.5, 0.6) is 0 Å². The molecule has 0 saturated carbocycles. The summed E-state index contributed by atoms with van der Waals surface area (Å²) in [6, 6.07) is 7.92. The molecule has 118 valence electrons. The fourth-order valence-electron chi connectivity index (χ4n) is 2.15. The highest BCUT2D eigenvalue weighted by atomic mass is 16.5. The Kier molecular flexibility index (Phi) is 5.66. The van der Waals surface area contributed by atoms with Crippen molar-refractivity contribution in [2.45, 2.75) is 27.3 Å². The smallest absolute Gasteiger partial charge is 0.257 e. The molecule has 1 aromatic heterocycles. The quantitative estimate of drug-likeness (QED) is 0.847. The van der Waals surface area contributed by atoms with Crippen molar-refractivity contribution < 1.29 is 9.32 Å². The van der Waals surface area contributed by atoms with E-state index in [1.54, 1.807) is 0 Å². The number of carbonyl (C=O) groups excluding carboxylic acids is 1. The van der Waals surface area contributed by atoms with Crippen molar-refractivity contribution in [3.63, 3.8) is 0 Å². The maximum Gasteiger partial charge on any atom is 0.257 e. The predicted molar refractivity (Wildman–Crippen MR) is 84.1 cm³/mol. The summed E-state index contributed by atoms with van der Waals surface area (Å²) in [5.41, 5.74) is 2.05. The van der Waals surface area contributed by atoms with Crippen LogP contribution in [-0.4, -0.2) is 40.6 Å². The van der Waals surface area contributed by atoms with Gasteiger partial charge in [0.05, 0.1) is 13.1 Å². The van der Waals surface area contributed by atoms with Crippen LogP contribution < -0.4 is 5.32 Å². The minimum absolute atomic E-state index is 0.00625. The largest absolute Gasteiger partial charge is 0.355 e. The molecule has 0 unspecified atom stereocenters. The molecule has 0 aliphatic carbocycles. The van der Waals surface area contributed by atoms with E-state index < -0.39 is 0 Å². The summed E-state index contributed by atoms with van der Waals surface area (Å²) in [5.74, 6) is 1.10. The first-order chi connectivity index (χ1) is 10.6. The van der Waals surface area contributed by atoms with Crippen LogP contribution in [0.3, 0.4) is 0 Å². The molecule has 0 bridgehead atoms. The monoisotopic (exact) mass is 302 g/mol. The Labute approximate surface area is 130 Å². The number of aryl methyl sites for hydroxylation is 1. The first-order valence-electron chi connectivity index (χ1n) is 7.51. The number of carbonyl (C=O) groups is 1. The van der Waals surface area contributed by atoms with Crippen LogP contribution in [0.25, 0.3) is 11.5 Å². The van der Waals surface area contributed by atoms with Crippen molar-refractivity contribution in [1.82, 2.24) is 20.4 Å². The Bertz CT molecular complexity index is 624. The van der Waals surface area contributed by atoms with E-state index in [-0.39, 0.29) is 5.91 Å². The molecule has 0 aliphatic heterocycles. The zero-order valence-corrected chi connectivity index (χ0v) is 13.3. The number of nitrogens with one attached hydrogen (secondary N) is 1. The molecule has 2 aromatic rings. The van der Waals surface area contributed by atoms with Gasteiger partial charge in [-0.05, 0) is 32.5 Å². The third-order valence-corrected chi connectivity index (χ3v) is 3.29. The minimum atomic E-state index is 0.00625. The highest BCUT2D eigenvalue weighted by molar-refractivity contribution is 5.77. The van der Waals surface area contributed by atoms with Crippen molar-refractivity contribution in [2.75, 3.05) is 19.6 Å². The number of likely N-dealkylation sites (N-methyl/N-ethyl adjacent to an activating group) is 2. The third-order valence-electron chi connectivity index (χ3n) is 3.29. The summed E-state index contributed by atoms with van der Waals surface area (Å²) in [6.07, 6.45) is 0. The summed E-state index contributed by atoms with van der Waals surface area (Å²) in [6.45, 7) is 8.12. The Morgan fingerprint density at radius 2 is 2.18 bits per heavy atom. The molecule has 1 N–H and O–H groups in total. The first kappa shape index (κ1) is 16.2. The first-order valence-corrected chi connectivity index (χ1v) is 7.51. The molecule has 0 spiro atoms. The lowest BCUT2D eigenvalue weighted by atomic mass is 10.1. The lowest BCUT2D eigenvalue weighted by Crippen LogP contribution is -2.36. The van der Waals surface area contributed by atoms with E-state index in [1.807, 2.05) is 49.9 Å². The fraction of sp³-hybridized carbons (Fsp3) is 0.438. The molecule has 22 heavy (non-hydrogen) atoms.